The second-order valence-corrected chi connectivity index (χ2v) is 15.8. The Labute approximate surface area is 374 Å². The predicted molar refractivity (Wildman–Crippen MR) is 240 cm³/mol. The van der Waals surface area contributed by atoms with Crippen LogP contribution in [0.3, 0.4) is 0 Å². The number of morpholine rings is 2. The van der Waals surface area contributed by atoms with Crippen LogP contribution >= 0.6 is 15.9 Å². The van der Waals surface area contributed by atoms with Crippen molar-refractivity contribution in [2.24, 2.45) is 0 Å². The molecule has 0 aliphatic carbocycles. The van der Waals surface area contributed by atoms with Crippen molar-refractivity contribution < 1.29 is 45.9 Å². The third-order valence-electron chi connectivity index (χ3n) is 10.4. The van der Waals surface area contributed by atoms with E-state index in [-0.39, 0.29) is 25.2 Å². The fourth-order valence-corrected chi connectivity index (χ4v) is 7.83. The van der Waals surface area contributed by atoms with E-state index in [2.05, 4.69) is 86.4 Å². The number of nitrogens with zero attached hydrogens (tertiary/aromatic N) is 2. The number of hydrogen-bond acceptors (Lipinski definition) is 6. The average Bonchev–Trinajstić information content (AvgIpc) is 3.27. The van der Waals surface area contributed by atoms with Gasteiger partial charge in [-0.05, 0) is 63.1 Å². The minimum atomic E-state index is -4.56. The molecule has 63 heavy (non-hydrogen) atoms. The second kappa shape index (κ2) is 23.2. The fourth-order valence-electron chi connectivity index (χ4n) is 7.38. The molecule has 0 amide bonds. The quantitative estimate of drug-likeness (QED) is 0.117. The summed E-state index contributed by atoms with van der Waals surface area (Å²) in [6.45, 7) is 6.59. The molecule has 2 N–H and O–H groups in total. The molecule has 0 spiro atoms. The smallest absolute Gasteiger partial charge is 0.423 e. The van der Waals surface area contributed by atoms with Gasteiger partial charge in [-0.25, -0.2) is 0 Å². The lowest BCUT2D eigenvalue weighted by atomic mass is 9.77. The van der Waals surface area contributed by atoms with E-state index in [0.717, 1.165) is 73.1 Å². The van der Waals surface area contributed by atoms with Gasteiger partial charge >= 0.3 is 19.5 Å². The van der Waals surface area contributed by atoms with Crippen molar-refractivity contribution in [3.63, 3.8) is 0 Å². The van der Waals surface area contributed by atoms with Gasteiger partial charge in [0.25, 0.3) is 0 Å². The second-order valence-electron chi connectivity index (χ2n) is 14.8. The highest BCUT2D eigenvalue weighted by Gasteiger charge is 2.36. The van der Waals surface area contributed by atoms with Crippen molar-refractivity contribution in [3.05, 3.63) is 196 Å². The molecular formula is C49H50BBrF6N2O4. The molecule has 2 heterocycles. The number of hydrogen-bond donors (Lipinski definition) is 2. The van der Waals surface area contributed by atoms with Gasteiger partial charge in [0.15, 0.2) is 0 Å². The molecule has 6 nitrogen and oxygen atoms in total. The summed E-state index contributed by atoms with van der Waals surface area (Å²) in [4.78, 5) is 4.75. The molecule has 2 atom stereocenters. The van der Waals surface area contributed by atoms with Crippen LogP contribution in [0.5, 0.6) is 0 Å². The van der Waals surface area contributed by atoms with E-state index >= 15 is 0 Å². The molecule has 8 rings (SSSR count). The highest BCUT2D eigenvalue weighted by Crippen LogP contribution is 2.37. The number of alkyl halides is 6. The van der Waals surface area contributed by atoms with Gasteiger partial charge in [-0.15, -0.1) is 0 Å². The van der Waals surface area contributed by atoms with Crippen LogP contribution in [0, 0.1) is 0 Å². The van der Waals surface area contributed by atoms with Crippen molar-refractivity contribution >= 4 is 28.5 Å². The molecule has 6 aromatic carbocycles. The van der Waals surface area contributed by atoms with Crippen molar-refractivity contribution in [1.82, 2.24) is 9.80 Å². The average molecular weight is 936 g/mol. The van der Waals surface area contributed by atoms with Crippen molar-refractivity contribution in [3.8, 4) is 11.1 Å². The molecule has 0 bridgehead atoms. The normalized spacial score (nSPS) is 17.0. The van der Waals surface area contributed by atoms with Crippen LogP contribution in [0.2, 0.25) is 0 Å². The summed E-state index contributed by atoms with van der Waals surface area (Å²) >= 11 is 3.53. The maximum atomic E-state index is 13.4. The highest BCUT2D eigenvalue weighted by molar-refractivity contribution is 9.10. The first kappa shape index (κ1) is 49.2. The number of benzene rings is 6. The Kier molecular flexibility index (Phi) is 18.1. The van der Waals surface area contributed by atoms with Crippen molar-refractivity contribution in [2.45, 2.75) is 45.1 Å². The summed E-state index contributed by atoms with van der Waals surface area (Å²) in [5, 5.41) is 17.2. The summed E-state index contributed by atoms with van der Waals surface area (Å²) in [6.07, 6.45) is -8.73. The minimum Gasteiger partial charge on any atom is -0.423 e. The zero-order valence-corrected chi connectivity index (χ0v) is 35.2. The summed E-state index contributed by atoms with van der Waals surface area (Å²) in [5.74, 6) is 0. The first-order chi connectivity index (χ1) is 29.7. The Morgan fingerprint density at radius 2 is 1.02 bits per heavy atom. The molecule has 6 aromatic rings. The molecule has 2 fully saturated rings. The van der Waals surface area contributed by atoms with Gasteiger partial charge < -0.3 is 19.5 Å². The van der Waals surface area contributed by atoms with Crippen LogP contribution in [0.4, 0.5) is 26.3 Å². The SMILES string of the molecule is Brc1cccc(CN2CCOC(c3ccccc3)C2)c1.C.FC(F)(F)c1ccccc1-c1cccc(CN2CCOC(c3ccccc3)C2)c1.OB(O)c1ccccc1C(F)(F)F. The van der Waals surface area contributed by atoms with Gasteiger partial charge in [-0.1, -0.05) is 157 Å². The topological polar surface area (TPSA) is 65.4 Å². The van der Waals surface area contributed by atoms with E-state index in [1.807, 2.05) is 42.5 Å². The molecule has 0 radical (unpaired) electrons. The summed E-state index contributed by atoms with van der Waals surface area (Å²) in [7, 11) is -2.10. The zero-order valence-electron chi connectivity index (χ0n) is 33.7. The molecule has 14 heteroatoms. The van der Waals surface area contributed by atoms with Gasteiger partial charge in [0.1, 0.15) is 0 Å². The monoisotopic (exact) mass is 934 g/mol. The van der Waals surface area contributed by atoms with Gasteiger partial charge in [0.05, 0.1) is 36.5 Å². The van der Waals surface area contributed by atoms with Gasteiger partial charge in [0, 0.05) is 43.7 Å². The Bertz CT molecular complexity index is 2300. The van der Waals surface area contributed by atoms with E-state index in [9.17, 15) is 26.3 Å². The molecule has 0 saturated carbocycles. The maximum absolute atomic E-state index is 13.4. The van der Waals surface area contributed by atoms with E-state index < -0.39 is 36.1 Å². The molecule has 2 unspecified atom stereocenters. The molecule has 2 aliphatic heterocycles. The van der Waals surface area contributed by atoms with Crippen LogP contribution < -0.4 is 5.46 Å². The van der Waals surface area contributed by atoms with E-state index in [1.54, 1.807) is 12.1 Å². The van der Waals surface area contributed by atoms with Gasteiger partial charge in [0.2, 0.25) is 0 Å². The van der Waals surface area contributed by atoms with Crippen molar-refractivity contribution in [1.29, 1.82) is 0 Å². The number of ether oxygens (including phenoxy) is 2. The lowest BCUT2D eigenvalue weighted by Crippen LogP contribution is -2.37. The van der Waals surface area contributed by atoms with Crippen LogP contribution in [-0.2, 0) is 34.9 Å². The van der Waals surface area contributed by atoms with E-state index in [1.165, 1.54) is 35.4 Å². The standard InChI is InChI=1S/C24H22F3NO.C17H18BrNO.C7H6BF3O2.CH4/c25-24(26,27)22-12-5-4-11-21(22)20-10-6-7-18(15-20)16-28-13-14-29-23(17-28)19-8-2-1-3-9-19;18-16-8-4-5-14(11-16)12-19-9-10-20-17(13-19)15-6-2-1-3-7-15;9-7(10,11)5-3-1-2-4-6(5)8(12)13;/h1-12,15,23H,13-14,16-17H2;1-8,11,17H,9-10,12-13H2;1-4,12-13H;1H4. The molecule has 2 saturated heterocycles. The third kappa shape index (κ3) is 14.6. The fraction of sp³-hybridized carbons (Fsp3) is 0.265. The van der Waals surface area contributed by atoms with Crippen LogP contribution in [0.15, 0.2) is 162 Å². The molecule has 332 valence electrons. The zero-order chi connectivity index (χ0) is 44.1. The first-order valence-corrected chi connectivity index (χ1v) is 20.8. The van der Waals surface area contributed by atoms with E-state index in [0.29, 0.717) is 18.7 Å². The van der Waals surface area contributed by atoms with Gasteiger partial charge in [-0.3, -0.25) is 9.80 Å². The Balaban J connectivity index is 0.000000191. The summed E-state index contributed by atoms with van der Waals surface area (Å²) < 4.78 is 89.7. The third-order valence-corrected chi connectivity index (χ3v) is 10.9. The van der Waals surface area contributed by atoms with Crippen molar-refractivity contribution in [2.75, 3.05) is 39.4 Å². The Morgan fingerprint density at radius 1 is 0.556 bits per heavy atom. The van der Waals surface area contributed by atoms with E-state index in [4.69, 9.17) is 19.5 Å². The largest absolute Gasteiger partial charge is 0.489 e. The Hall–Kier alpha value is -4.80. The molecule has 2 aliphatic rings. The lowest BCUT2D eigenvalue weighted by molar-refractivity contribution is -0.137. The molecular weight excluding hydrogens is 885 g/mol. The maximum Gasteiger partial charge on any atom is 0.489 e. The minimum absolute atomic E-state index is 0. The predicted octanol–water partition coefficient (Wildman–Crippen LogP) is 11.0. The Morgan fingerprint density at radius 3 is 1.51 bits per heavy atom. The van der Waals surface area contributed by atoms with Crippen LogP contribution in [-0.4, -0.2) is 66.4 Å². The number of rotatable bonds is 8. The first-order valence-electron chi connectivity index (χ1n) is 20.0. The lowest BCUT2D eigenvalue weighted by Gasteiger charge is -2.33. The van der Waals surface area contributed by atoms with Gasteiger partial charge in [-0.2, -0.15) is 26.3 Å². The van der Waals surface area contributed by atoms with Crippen LogP contribution in [0.25, 0.3) is 11.1 Å². The number of halogens is 7. The molecule has 0 aromatic heterocycles. The summed E-state index contributed by atoms with van der Waals surface area (Å²) in [5.41, 5.74) is 3.39. The summed E-state index contributed by atoms with van der Waals surface area (Å²) in [6, 6.07) is 46.5. The highest BCUT2D eigenvalue weighted by atomic mass is 79.9. The van der Waals surface area contributed by atoms with Crippen LogP contribution in [0.1, 0.15) is 53.0 Å².